The Labute approximate surface area is 211 Å². The number of hydrogen-bond donors (Lipinski definition) is 1. The maximum Gasteiger partial charge on any atom is 0.262 e. The summed E-state index contributed by atoms with van der Waals surface area (Å²) in [5.41, 5.74) is 2.06. The van der Waals surface area contributed by atoms with E-state index in [9.17, 15) is 10.1 Å². The number of nitriles is 1. The van der Waals surface area contributed by atoms with Crippen LogP contribution < -0.4 is 10.1 Å². The van der Waals surface area contributed by atoms with Gasteiger partial charge in [0.05, 0.1) is 7.14 Å². The van der Waals surface area contributed by atoms with Crippen molar-refractivity contribution < 1.29 is 9.53 Å². The number of halogens is 3. The van der Waals surface area contributed by atoms with Gasteiger partial charge in [0, 0.05) is 9.61 Å². The highest BCUT2D eigenvalue weighted by molar-refractivity contribution is 14.1. The van der Waals surface area contributed by atoms with Gasteiger partial charge >= 0.3 is 0 Å². The molecule has 0 radical (unpaired) electrons. The molecule has 0 atom stereocenters. The van der Waals surface area contributed by atoms with Gasteiger partial charge < -0.3 is 10.1 Å². The van der Waals surface area contributed by atoms with Crippen LogP contribution in [0.25, 0.3) is 6.08 Å². The molecule has 0 heterocycles. The molecule has 0 saturated heterocycles. The Bertz CT molecular complexity index is 936. The summed E-state index contributed by atoms with van der Waals surface area (Å²) in [7, 11) is 0. The van der Waals surface area contributed by atoms with E-state index in [0.717, 1.165) is 49.7 Å². The van der Waals surface area contributed by atoms with Gasteiger partial charge in [-0.15, -0.1) is 0 Å². The summed E-state index contributed by atoms with van der Waals surface area (Å²) in [6.07, 6.45) is 5.91. The number of nitrogens with zero attached hydrogens (tertiary/aromatic N) is 1. The number of amides is 1. The maximum atomic E-state index is 12.4. The second kappa shape index (κ2) is 10.9. The summed E-state index contributed by atoms with van der Waals surface area (Å²) in [6.45, 7) is 0.491. The molecule has 4 nitrogen and oxygen atoms in total. The molecule has 0 aliphatic heterocycles. The number of carbonyl (C=O) groups excluding carboxylic acids is 1. The van der Waals surface area contributed by atoms with Crippen LogP contribution in [0.5, 0.6) is 5.75 Å². The van der Waals surface area contributed by atoms with E-state index in [-0.39, 0.29) is 17.5 Å². The van der Waals surface area contributed by atoms with E-state index < -0.39 is 0 Å². The predicted octanol–water partition coefficient (Wildman–Crippen LogP) is 6.05. The first-order valence-corrected chi connectivity index (χ1v) is 12.5. The summed E-state index contributed by atoms with van der Waals surface area (Å²) >= 11 is 6.75. The molecule has 1 aliphatic rings. The molecule has 2 aromatic rings. The standard InChI is InChI=1S/C22H19I3N2O2/c23-17-7-5-14(6-8-17)13-29-21-19(24)10-15(11-20(21)25)9-16(12-26)22(28)27-18-3-1-2-4-18/h5-11,18H,1-4,13H2,(H,27,28)/b16-9-. The third-order valence-corrected chi connectivity index (χ3v) is 7.01. The maximum absolute atomic E-state index is 12.4. The van der Waals surface area contributed by atoms with Crippen molar-refractivity contribution in [3.63, 3.8) is 0 Å². The molecule has 1 amide bonds. The molecule has 0 bridgehead atoms. The summed E-state index contributed by atoms with van der Waals surface area (Å²) < 4.78 is 9.11. The molecule has 1 saturated carbocycles. The zero-order chi connectivity index (χ0) is 20.8. The Morgan fingerprint density at radius 1 is 1.14 bits per heavy atom. The fourth-order valence-electron chi connectivity index (χ4n) is 3.19. The lowest BCUT2D eigenvalue weighted by molar-refractivity contribution is -0.117. The number of hydrogen-bond acceptors (Lipinski definition) is 3. The van der Waals surface area contributed by atoms with Crippen LogP contribution >= 0.6 is 67.8 Å². The summed E-state index contributed by atoms with van der Waals surface area (Å²) in [5, 5.41) is 12.4. The Hall–Kier alpha value is -0.870. The number of nitrogens with one attached hydrogen (secondary N) is 1. The molecule has 29 heavy (non-hydrogen) atoms. The summed E-state index contributed by atoms with van der Waals surface area (Å²) in [4.78, 5) is 12.4. The third-order valence-electron chi connectivity index (χ3n) is 4.68. The Kier molecular flexibility index (Phi) is 8.61. The van der Waals surface area contributed by atoms with E-state index in [4.69, 9.17) is 4.74 Å². The van der Waals surface area contributed by atoms with Crippen molar-refractivity contribution in [2.45, 2.75) is 38.3 Å². The van der Waals surface area contributed by atoms with Gasteiger partial charge in [0.15, 0.2) is 0 Å². The number of carbonyl (C=O) groups is 1. The minimum Gasteiger partial charge on any atom is -0.487 e. The van der Waals surface area contributed by atoms with Crippen molar-refractivity contribution in [1.29, 1.82) is 5.26 Å². The quantitative estimate of drug-likeness (QED) is 0.225. The predicted molar refractivity (Wildman–Crippen MR) is 139 cm³/mol. The van der Waals surface area contributed by atoms with Crippen molar-refractivity contribution >= 4 is 79.8 Å². The van der Waals surface area contributed by atoms with Crippen LogP contribution in [0.1, 0.15) is 36.8 Å². The van der Waals surface area contributed by atoms with E-state index in [1.165, 1.54) is 3.57 Å². The van der Waals surface area contributed by atoms with Crippen LogP contribution in [0.2, 0.25) is 0 Å². The van der Waals surface area contributed by atoms with Crippen LogP contribution in [0.4, 0.5) is 0 Å². The lowest BCUT2D eigenvalue weighted by Crippen LogP contribution is -2.33. The molecule has 0 unspecified atom stereocenters. The normalized spacial score (nSPS) is 14.5. The SMILES string of the molecule is N#C/C(=C/c1cc(I)c(OCc2ccc(I)cc2)c(I)c1)C(=O)NC1CCCC1. The third kappa shape index (κ3) is 6.55. The molecule has 1 N–H and O–H groups in total. The van der Waals surface area contributed by atoms with E-state index in [1.807, 2.05) is 18.2 Å². The minimum atomic E-state index is -0.288. The highest BCUT2D eigenvalue weighted by atomic mass is 127. The second-order valence-electron chi connectivity index (χ2n) is 6.85. The lowest BCUT2D eigenvalue weighted by atomic mass is 10.1. The van der Waals surface area contributed by atoms with Gasteiger partial charge in [-0.2, -0.15) is 5.26 Å². The van der Waals surface area contributed by atoms with Crippen LogP contribution in [-0.2, 0) is 11.4 Å². The first-order chi connectivity index (χ1) is 14.0. The monoisotopic (exact) mass is 724 g/mol. The van der Waals surface area contributed by atoms with Gasteiger partial charge in [-0.1, -0.05) is 25.0 Å². The molecular formula is C22H19I3N2O2. The van der Waals surface area contributed by atoms with Crippen molar-refractivity contribution in [1.82, 2.24) is 5.32 Å². The second-order valence-corrected chi connectivity index (χ2v) is 10.4. The molecule has 0 spiro atoms. The first-order valence-electron chi connectivity index (χ1n) is 9.25. The summed E-state index contributed by atoms with van der Waals surface area (Å²) in [5.74, 6) is 0.527. The van der Waals surface area contributed by atoms with Gasteiger partial charge in [-0.25, -0.2) is 0 Å². The van der Waals surface area contributed by atoms with E-state index >= 15 is 0 Å². The Balaban J connectivity index is 1.73. The van der Waals surface area contributed by atoms with Gasteiger partial charge in [-0.05, 0) is 122 Å². The zero-order valence-electron chi connectivity index (χ0n) is 15.6. The fraction of sp³-hybridized carbons (Fsp3) is 0.273. The number of ether oxygens (including phenoxy) is 1. The van der Waals surface area contributed by atoms with Crippen molar-refractivity contribution in [2.75, 3.05) is 0 Å². The topological polar surface area (TPSA) is 62.1 Å². The lowest BCUT2D eigenvalue weighted by Gasteiger charge is -2.13. The van der Waals surface area contributed by atoms with Crippen LogP contribution in [-0.4, -0.2) is 11.9 Å². The van der Waals surface area contributed by atoms with Crippen molar-refractivity contribution in [3.8, 4) is 11.8 Å². The van der Waals surface area contributed by atoms with Crippen molar-refractivity contribution in [2.24, 2.45) is 0 Å². The number of benzene rings is 2. The highest BCUT2D eigenvalue weighted by Crippen LogP contribution is 2.30. The van der Waals surface area contributed by atoms with Gasteiger partial charge in [0.2, 0.25) is 0 Å². The van der Waals surface area contributed by atoms with E-state index in [1.54, 1.807) is 6.08 Å². The molecule has 1 aliphatic carbocycles. The zero-order valence-corrected chi connectivity index (χ0v) is 22.0. The smallest absolute Gasteiger partial charge is 0.262 e. The van der Waals surface area contributed by atoms with Gasteiger partial charge in [0.25, 0.3) is 5.91 Å². The average Bonchev–Trinajstić information content (AvgIpc) is 3.19. The Morgan fingerprint density at radius 2 is 1.76 bits per heavy atom. The van der Waals surface area contributed by atoms with Crippen LogP contribution in [0.3, 0.4) is 0 Å². The number of rotatable bonds is 6. The molecule has 3 rings (SSSR count). The molecule has 7 heteroatoms. The highest BCUT2D eigenvalue weighted by Gasteiger charge is 2.19. The first kappa shape index (κ1) is 22.8. The molecule has 150 valence electrons. The molecule has 0 aromatic heterocycles. The van der Waals surface area contributed by atoms with Crippen LogP contribution in [0.15, 0.2) is 42.0 Å². The fourth-order valence-corrected chi connectivity index (χ4v) is 5.67. The van der Waals surface area contributed by atoms with Gasteiger partial charge in [-0.3, -0.25) is 4.79 Å². The summed E-state index contributed by atoms with van der Waals surface area (Å²) in [6, 6.07) is 14.3. The molecule has 2 aromatic carbocycles. The average molecular weight is 724 g/mol. The van der Waals surface area contributed by atoms with E-state index in [0.29, 0.717) is 6.61 Å². The Morgan fingerprint density at radius 3 is 2.34 bits per heavy atom. The van der Waals surface area contributed by atoms with E-state index in [2.05, 4.69) is 97.4 Å². The minimum absolute atomic E-state index is 0.135. The van der Waals surface area contributed by atoms with Crippen molar-refractivity contribution in [3.05, 3.63) is 63.8 Å². The van der Waals surface area contributed by atoms with Gasteiger partial charge in [0.1, 0.15) is 24.0 Å². The van der Waals surface area contributed by atoms with Crippen LogP contribution in [0, 0.1) is 22.0 Å². The molecular weight excluding hydrogens is 705 g/mol. The largest absolute Gasteiger partial charge is 0.487 e. The molecule has 1 fully saturated rings.